The maximum Gasteiger partial charge on any atom is 0.161 e. The normalized spacial score (nSPS) is 10.6. The van der Waals surface area contributed by atoms with E-state index in [1.54, 1.807) is 6.92 Å². The summed E-state index contributed by atoms with van der Waals surface area (Å²) in [5.41, 5.74) is 2.96. The van der Waals surface area contributed by atoms with Crippen LogP contribution >= 0.6 is 0 Å². The quantitative estimate of drug-likeness (QED) is 0.607. The van der Waals surface area contributed by atoms with Crippen molar-refractivity contribution >= 4 is 11.3 Å². The fraction of sp³-hybridized carbons (Fsp3) is 0.182. The molecule has 0 saturated carbocycles. The van der Waals surface area contributed by atoms with Crippen LogP contribution in [-0.4, -0.2) is 10.2 Å². The van der Waals surface area contributed by atoms with Crippen molar-refractivity contribution in [2.24, 2.45) is 0 Å². The fourth-order valence-corrected chi connectivity index (χ4v) is 1.50. The predicted octanol–water partition coefficient (Wildman–Crippen LogP) is 2.45. The third kappa shape index (κ3) is 1.24. The number of ketones is 1. The minimum atomic E-state index is 0.119. The lowest BCUT2D eigenvalue weighted by atomic mass is 10.2. The molecule has 0 amide bonds. The van der Waals surface area contributed by atoms with Gasteiger partial charge in [-0.3, -0.25) is 4.79 Å². The van der Waals surface area contributed by atoms with E-state index in [0.29, 0.717) is 0 Å². The van der Waals surface area contributed by atoms with Crippen molar-refractivity contribution in [3.63, 3.8) is 0 Å². The maximum atomic E-state index is 11.2. The standard InChI is InChI=1S/C11H11NO/c1-8-3-5-12-6-4-10(9(2)13)11(12)7-8/h3-7H,1-2H3. The van der Waals surface area contributed by atoms with Crippen LogP contribution in [0.25, 0.3) is 5.52 Å². The van der Waals surface area contributed by atoms with Gasteiger partial charge in [0.25, 0.3) is 0 Å². The molecular weight excluding hydrogens is 162 g/mol. The Hall–Kier alpha value is -1.57. The SMILES string of the molecule is CC(=O)c1ccn2ccc(C)cc12. The average Bonchev–Trinajstić information content (AvgIpc) is 2.46. The molecule has 2 heterocycles. The van der Waals surface area contributed by atoms with Gasteiger partial charge < -0.3 is 4.40 Å². The first-order chi connectivity index (χ1) is 6.18. The van der Waals surface area contributed by atoms with Crippen molar-refractivity contribution in [1.82, 2.24) is 4.40 Å². The van der Waals surface area contributed by atoms with E-state index in [9.17, 15) is 4.79 Å². The summed E-state index contributed by atoms with van der Waals surface area (Å²) in [5, 5.41) is 0. The molecule has 0 aliphatic rings. The van der Waals surface area contributed by atoms with Gasteiger partial charge in [-0.05, 0) is 37.6 Å². The second-order valence-corrected chi connectivity index (χ2v) is 3.28. The number of carbonyl (C=O) groups excluding carboxylic acids is 1. The lowest BCUT2D eigenvalue weighted by Gasteiger charge is -1.97. The molecule has 0 spiro atoms. The third-order valence-electron chi connectivity index (χ3n) is 2.20. The molecular formula is C11H11NO. The molecule has 2 rings (SSSR count). The van der Waals surface area contributed by atoms with Crippen molar-refractivity contribution < 1.29 is 4.79 Å². The molecule has 0 fully saturated rings. The molecule has 0 aromatic carbocycles. The largest absolute Gasteiger partial charge is 0.323 e. The molecule has 0 radical (unpaired) electrons. The molecule has 2 aromatic heterocycles. The molecule has 2 heteroatoms. The molecule has 0 aliphatic heterocycles. The third-order valence-corrected chi connectivity index (χ3v) is 2.20. The van der Waals surface area contributed by atoms with Gasteiger partial charge in [0.2, 0.25) is 0 Å². The van der Waals surface area contributed by atoms with E-state index >= 15 is 0 Å². The summed E-state index contributed by atoms with van der Waals surface area (Å²) in [6, 6.07) is 5.91. The first kappa shape index (κ1) is 8.05. The van der Waals surface area contributed by atoms with Crippen LogP contribution < -0.4 is 0 Å². The highest BCUT2D eigenvalue weighted by molar-refractivity contribution is 6.01. The van der Waals surface area contributed by atoms with E-state index in [0.717, 1.165) is 11.1 Å². The zero-order chi connectivity index (χ0) is 9.42. The minimum Gasteiger partial charge on any atom is -0.323 e. The van der Waals surface area contributed by atoms with Gasteiger partial charge in [-0.2, -0.15) is 0 Å². The number of pyridine rings is 1. The van der Waals surface area contributed by atoms with Gasteiger partial charge >= 0.3 is 0 Å². The van der Waals surface area contributed by atoms with Crippen LogP contribution in [0.4, 0.5) is 0 Å². The van der Waals surface area contributed by atoms with E-state index in [2.05, 4.69) is 0 Å². The molecule has 0 unspecified atom stereocenters. The van der Waals surface area contributed by atoms with Gasteiger partial charge in [0.15, 0.2) is 5.78 Å². The van der Waals surface area contributed by atoms with E-state index in [1.165, 1.54) is 5.56 Å². The van der Waals surface area contributed by atoms with Crippen molar-refractivity contribution in [3.8, 4) is 0 Å². The molecule has 0 bridgehead atoms. The van der Waals surface area contributed by atoms with Gasteiger partial charge in [0.05, 0.1) is 5.52 Å². The summed E-state index contributed by atoms with van der Waals surface area (Å²) in [6.45, 7) is 3.62. The smallest absolute Gasteiger partial charge is 0.161 e. The van der Waals surface area contributed by atoms with Gasteiger partial charge in [-0.15, -0.1) is 0 Å². The summed E-state index contributed by atoms with van der Waals surface area (Å²) >= 11 is 0. The van der Waals surface area contributed by atoms with Crippen molar-refractivity contribution in [1.29, 1.82) is 0 Å². The fourth-order valence-electron chi connectivity index (χ4n) is 1.50. The maximum absolute atomic E-state index is 11.2. The topological polar surface area (TPSA) is 21.5 Å². The number of fused-ring (bicyclic) bond motifs is 1. The van der Waals surface area contributed by atoms with Crippen molar-refractivity contribution in [2.75, 3.05) is 0 Å². The summed E-state index contributed by atoms with van der Waals surface area (Å²) < 4.78 is 1.96. The highest BCUT2D eigenvalue weighted by Gasteiger charge is 2.05. The van der Waals surface area contributed by atoms with Gasteiger partial charge in [-0.25, -0.2) is 0 Å². The lowest BCUT2D eigenvalue weighted by Crippen LogP contribution is -1.91. The molecule has 0 atom stereocenters. The molecule has 0 aliphatic carbocycles. The number of carbonyl (C=O) groups is 1. The van der Waals surface area contributed by atoms with Gasteiger partial charge in [0, 0.05) is 18.0 Å². The predicted molar refractivity (Wildman–Crippen MR) is 52.1 cm³/mol. The summed E-state index contributed by atoms with van der Waals surface area (Å²) in [7, 11) is 0. The first-order valence-corrected chi connectivity index (χ1v) is 4.27. The summed E-state index contributed by atoms with van der Waals surface area (Å²) in [4.78, 5) is 11.2. The van der Waals surface area contributed by atoms with Crippen molar-refractivity contribution in [3.05, 3.63) is 41.7 Å². The Morgan fingerprint density at radius 2 is 2.00 bits per heavy atom. The van der Waals surface area contributed by atoms with E-state index in [1.807, 2.05) is 41.9 Å². The van der Waals surface area contributed by atoms with Crippen LogP contribution in [0.5, 0.6) is 0 Å². The average molecular weight is 173 g/mol. The zero-order valence-electron chi connectivity index (χ0n) is 7.74. The number of hydrogen-bond acceptors (Lipinski definition) is 1. The summed E-state index contributed by atoms with van der Waals surface area (Å²) in [5.74, 6) is 0.119. The molecule has 13 heavy (non-hydrogen) atoms. The number of rotatable bonds is 1. The van der Waals surface area contributed by atoms with Crippen LogP contribution in [0.1, 0.15) is 22.8 Å². The van der Waals surface area contributed by atoms with Crippen LogP contribution in [-0.2, 0) is 0 Å². The number of aromatic nitrogens is 1. The Bertz CT molecular complexity index is 468. The highest BCUT2D eigenvalue weighted by Crippen LogP contribution is 2.14. The van der Waals surface area contributed by atoms with Crippen molar-refractivity contribution in [2.45, 2.75) is 13.8 Å². The number of hydrogen-bond donors (Lipinski definition) is 0. The van der Waals surface area contributed by atoms with Crippen LogP contribution in [0.3, 0.4) is 0 Å². The zero-order valence-corrected chi connectivity index (χ0v) is 7.74. The molecule has 2 aromatic rings. The van der Waals surface area contributed by atoms with Gasteiger partial charge in [-0.1, -0.05) is 0 Å². The number of aryl methyl sites for hydroxylation is 1. The monoisotopic (exact) mass is 173 g/mol. The second-order valence-electron chi connectivity index (χ2n) is 3.28. The Morgan fingerprint density at radius 1 is 1.31 bits per heavy atom. The Balaban J connectivity index is 2.79. The van der Waals surface area contributed by atoms with Gasteiger partial charge in [0.1, 0.15) is 0 Å². The molecule has 66 valence electrons. The van der Waals surface area contributed by atoms with E-state index < -0.39 is 0 Å². The van der Waals surface area contributed by atoms with Crippen LogP contribution in [0.15, 0.2) is 30.6 Å². The highest BCUT2D eigenvalue weighted by atomic mass is 16.1. The Labute approximate surface area is 76.8 Å². The molecule has 0 N–H and O–H groups in total. The molecule has 0 saturated heterocycles. The number of Topliss-reactive ketones (excluding diaryl/α,β-unsaturated/α-hetero) is 1. The van der Waals surface area contributed by atoms with E-state index in [-0.39, 0.29) is 5.78 Å². The Morgan fingerprint density at radius 3 is 2.69 bits per heavy atom. The lowest BCUT2D eigenvalue weighted by molar-refractivity contribution is 0.101. The minimum absolute atomic E-state index is 0.119. The first-order valence-electron chi connectivity index (χ1n) is 4.27. The van der Waals surface area contributed by atoms with Crippen LogP contribution in [0, 0.1) is 6.92 Å². The molecule has 2 nitrogen and oxygen atoms in total. The summed E-state index contributed by atoms with van der Waals surface area (Å²) in [6.07, 6.45) is 3.88. The van der Waals surface area contributed by atoms with E-state index in [4.69, 9.17) is 0 Å². The number of nitrogens with zero attached hydrogens (tertiary/aromatic N) is 1. The van der Waals surface area contributed by atoms with Crippen LogP contribution in [0.2, 0.25) is 0 Å². The second kappa shape index (κ2) is 2.73. The Kier molecular flexibility index (Phi) is 1.69.